The second kappa shape index (κ2) is 28.6. The Morgan fingerprint density at radius 3 is 0.579 bits per heavy atom. The van der Waals surface area contributed by atoms with Crippen molar-refractivity contribution in [2.24, 2.45) is 0 Å². The average Bonchev–Trinajstić information content (AvgIpc) is 1.79. The first-order chi connectivity index (χ1) is 6.25. The molecular formula is C12H28Cl2Li2MgN2. The Kier molecular flexibility index (Phi) is 64.7. The van der Waals surface area contributed by atoms with Crippen molar-refractivity contribution in [1.29, 1.82) is 0 Å². The van der Waals surface area contributed by atoms with Crippen molar-refractivity contribution in [3.63, 3.8) is 0 Å². The number of rotatable bonds is 4. The Hall–Kier alpha value is 2.46. The van der Waals surface area contributed by atoms with Crippen molar-refractivity contribution >= 4 is 23.1 Å². The topological polar surface area (TPSA) is 28.2 Å². The van der Waals surface area contributed by atoms with Crippen molar-refractivity contribution in [3.8, 4) is 0 Å². The maximum Gasteiger partial charge on any atom is 2.00 e. The van der Waals surface area contributed by atoms with Crippen LogP contribution in [0.15, 0.2) is 0 Å². The summed E-state index contributed by atoms with van der Waals surface area (Å²) in [6, 6.07) is 2.00. The van der Waals surface area contributed by atoms with Crippen LogP contribution in [-0.4, -0.2) is 47.2 Å². The van der Waals surface area contributed by atoms with Gasteiger partial charge in [-0.2, -0.15) is 0 Å². The molecule has 0 saturated heterocycles. The second-order valence-electron chi connectivity index (χ2n) is 4.67. The maximum absolute atomic E-state index is 4.28. The van der Waals surface area contributed by atoms with Crippen LogP contribution in [0, 0.1) is 0 Å². The summed E-state index contributed by atoms with van der Waals surface area (Å²) in [5.74, 6) is 0. The molecule has 0 aliphatic heterocycles. The molecule has 0 unspecified atom stereocenters. The molecule has 0 atom stereocenters. The molecule has 2 nitrogen and oxygen atoms in total. The van der Waals surface area contributed by atoms with E-state index in [0.717, 1.165) is 0 Å². The van der Waals surface area contributed by atoms with Crippen LogP contribution < -0.4 is 62.5 Å². The quantitative estimate of drug-likeness (QED) is 0.462. The van der Waals surface area contributed by atoms with Gasteiger partial charge >= 0.3 is 60.8 Å². The van der Waals surface area contributed by atoms with E-state index in [1.54, 1.807) is 0 Å². The summed E-state index contributed by atoms with van der Waals surface area (Å²) in [5.41, 5.74) is 0. The summed E-state index contributed by atoms with van der Waals surface area (Å²) in [4.78, 5) is 0. The van der Waals surface area contributed by atoms with Crippen molar-refractivity contribution < 1.29 is 62.5 Å². The fraction of sp³-hybridized carbons (Fsp3) is 1.00. The average molecular weight is 309 g/mol. The predicted molar refractivity (Wildman–Crippen MR) is 73.0 cm³/mol. The van der Waals surface area contributed by atoms with Crippen molar-refractivity contribution in [2.45, 2.75) is 79.6 Å². The third-order valence-electron chi connectivity index (χ3n) is 1.19. The Balaban J connectivity index is -0.0000000240. The maximum atomic E-state index is 4.28. The molecule has 0 saturated carbocycles. The molecule has 0 N–H and O–H groups in total. The molecule has 0 aliphatic carbocycles. The van der Waals surface area contributed by atoms with Gasteiger partial charge in [0.25, 0.3) is 0 Å². The first kappa shape index (κ1) is 43.0. The van der Waals surface area contributed by atoms with Crippen LogP contribution >= 0.6 is 0 Å². The van der Waals surface area contributed by atoms with Gasteiger partial charge in [0, 0.05) is 0 Å². The van der Waals surface area contributed by atoms with Crippen LogP contribution in [0.25, 0.3) is 10.6 Å². The van der Waals surface area contributed by atoms with Crippen molar-refractivity contribution in [2.75, 3.05) is 0 Å². The molecule has 7 heteroatoms. The van der Waals surface area contributed by atoms with Gasteiger partial charge in [0.1, 0.15) is 0 Å². The van der Waals surface area contributed by atoms with E-state index in [2.05, 4.69) is 66.0 Å². The SMILES string of the molecule is CC(C)[N-]C(C)C.CC(C)[N-]C(C)C.[Cl-].[Cl-].[Li+].[Li+].[Mg+2]. The minimum Gasteiger partial charge on any atom is -1.00 e. The fourth-order valence-electron chi connectivity index (χ4n) is 1.19. The third-order valence-corrected chi connectivity index (χ3v) is 1.19. The summed E-state index contributed by atoms with van der Waals surface area (Å²) in [6.07, 6.45) is 0. The molecule has 0 aromatic heterocycles. The number of nitrogens with zero attached hydrogens (tertiary/aromatic N) is 2. The first-order valence-electron chi connectivity index (χ1n) is 5.65. The molecule has 0 aromatic rings. The number of halogens is 2. The van der Waals surface area contributed by atoms with Crippen LogP contribution in [0.5, 0.6) is 0 Å². The molecule has 0 aromatic carbocycles. The molecule has 0 heterocycles. The standard InChI is InChI=1S/2C6H14N.2ClH.2Li.Mg/c2*1-5(2)7-6(3)4;;;;;/h2*5-6H,1-4H3;2*1H;;;/q2*-1;;;2*+1;+2/p-2. The predicted octanol–water partition coefficient (Wildman–Crippen LogP) is -8.01. The van der Waals surface area contributed by atoms with Crippen LogP contribution in [0.2, 0.25) is 0 Å². The van der Waals surface area contributed by atoms with E-state index in [4.69, 9.17) is 0 Å². The minimum atomic E-state index is 0. The molecule has 0 rings (SSSR count). The van der Waals surface area contributed by atoms with E-state index in [1.165, 1.54) is 0 Å². The van der Waals surface area contributed by atoms with E-state index < -0.39 is 0 Å². The molecule has 0 spiro atoms. The Morgan fingerprint density at radius 2 is 0.579 bits per heavy atom. The zero-order valence-corrected chi connectivity index (χ0v) is 17.6. The van der Waals surface area contributed by atoms with Gasteiger partial charge in [-0.3, -0.25) is 0 Å². The summed E-state index contributed by atoms with van der Waals surface area (Å²) in [7, 11) is 0. The third kappa shape index (κ3) is 63.7. The zero-order chi connectivity index (χ0) is 11.7. The molecule has 104 valence electrons. The van der Waals surface area contributed by atoms with E-state index in [1.807, 2.05) is 0 Å². The molecule has 0 radical (unpaired) electrons. The normalized spacial score (nSPS) is 8.21. The summed E-state index contributed by atoms with van der Waals surface area (Å²) in [6.45, 7) is 16.8. The van der Waals surface area contributed by atoms with Crippen molar-refractivity contribution in [3.05, 3.63) is 10.6 Å². The Morgan fingerprint density at radius 1 is 0.474 bits per heavy atom. The zero-order valence-electron chi connectivity index (χ0n) is 14.7. The molecule has 0 bridgehead atoms. The first-order valence-corrected chi connectivity index (χ1v) is 5.65. The van der Waals surface area contributed by atoms with Gasteiger partial charge in [0.05, 0.1) is 0 Å². The molecule has 0 amide bonds. The Labute approximate surface area is 174 Å². The number of hydrogen-bond donors (Lipinski definition) is 0. The van der Waals surface area contributed by atoms with Gasteiger partial charge in [0.2, 0.25) is 0 Å². The Bertz CT molecular complexity index is 104. The largest absolute Gasteiger partial charge is 2.00 e. The van der Waals surface area contributed by atoms with Gasteiger partial charge < -0.3 is 35.4 Å². The molecule has 19 heavy (non-hydrogen) atoms. The fourth-order valence-corrected chi connectivity index (χ4v) is 1.19. The minimum absolute atomic E-state index is 0. The second-order valence-corrected chi connectivity index (χ2v) is 4.67. The molecule has 0 aliphatic rings. The van der Waals surface area contributed by atoms with Gasteiger partial charge in [-0.05, 0) is 0 Å². The van der Waals surface area contributed by atoms with Gasteiger partial charge in [-0.25, -0.2) is 0 Å². The van der Waals surface area contributed by atoms with Crippen molar-refractivity contribution in [1.82, 2.24) is 0 Å². The van der Waals surface area contributed by atoms with E-state index in [9.17, 15) is 0 Å². The monoisotopic (exact) mass is 308 g/mol. The molecule has 0 fully saturated rings. The summed E-state index contributed by atoms with van der Waals surface area (Å²) >= 11 is 0. The van der Waals surface area contributed by atoms with E-state index >= 15 is 0 Å². The van der Waals surface area contributed by atoms with Gasteiger partial charge in [0.15, 0.2) is 0 Å². The van der Waals surface area contributed by atoms with E-state index in [-0.39, 0.29) is 85.6 Å². The summed E-state index contributed by atoms with van der Waals surface area (Å²) in [5, 5.41) is 8.56. The van der Waals surface area contributed by atoms with Crippen LogP contribution in [0.4, 0.5) is 0 Å². The number of hydrogen-bond acceptors (Lipinski definition) is 0. The van der Waals surface area contributed by atoms with Crippen LogP contribution in [-0.2, 0) is 0 Å². The smallest absolute Gasteiger partial charge is 1.00 e. The molecular weight excluding hydrogens is 281 g/mol. The van der Waals surface area contributed by atoms with E-state index in [0.29, 0.717) is 24.2 Å². The summed E-state index contributed by atoms with van der Waals surface area (Å²) < 4.78 is 0. The van der Waals surface area contributed by atoms with Gasteiger partial charge in [-0.15, -0.1) is 24.2 Å². The van der Waals surface area contributed by atoms with Gasteiger partial charge in [-0.1, -0.05) is 55.4 Å². The van der Waals surface area contributed by atoms with Crippen LogP contribution in [0.1, 0.15) is 55.4 Å². The van der Waals surface area contributed by atoms with Crippen LogP contribution in [0.3, 0.4) is 0 Å².